The van der Waals surface area contributed by atoms with E-state index < -0.39 is 40.3 Å². The summed E-state index contributed by atoms with van der Waals surface area (Å²) in [7, 11) is -3.80. The molecule has 2 amide bonds. The second kappa shape index (κ2) is 16.8. The summed E-state index contributed by atoms with van der Waals surface area (Å²) in [6.07, 6.45) is -0.749. The molecule has 0 bridgehead atoms. The van der Waals surface area contributed by atoms with Crippen LogP contribution in [0.4, 0.5) is 5.69 Å². The van der Waals surface area contributed by atoms with Crippen molar-refractivity contribution in [1.82, 2.24) is 9.62 Å². The number of rotatable bonds is 9. The van der Waals surface area contributed by atoms with Gasteiger partial charge >= 0.3 is 0 Å². The molecule has 1 aliphatic rings. The predicted octanol–water partition coefficient (Wildman–Crippen LogP) is 4.43. The third kappa shape index (κ3) is 10.8. The molecule has 3 aromatic rings. The van der Waals surface area contributed by atoms with E-state index in [0.29, 0.717) is 21.3 Å². The van der Waals surface area contributed by atoms with Gasteiger partial charge < -0.3 is 26.2 Å². The summed E-state index contributed by atoms with van der Waals surface area (Å²) in [6, 6.07) is 20.2. The van der Waals surface area contributed by atoms with Crippen molar-refractivity contribution in [2.75, 3.05) is 25.0 Å². The molecule has 0 aliphatic carbocycles. The van der Waals surface area contributed by atoms with Crippen LogP contribution in [-0.4, -0.2) is 61.1 Å². The summed E-state index contributed by atoms with van der Waals surface area (Å²) in [4.78, 5) is 33.9. The van der Waals surface area contributed by atoms with Gasteiger partial charge in [0.2, 0.25) is 21.8 Å². The Kier molecular flexibility index (Phi) is 13.9. The topological polar surface area (TPSA) is 192 Å². The van der Waals surface area contributed by atoms with E-state index in [9.17, 15) is 18.0 Å². The Hall–Kier alpha value is -4.11. The van der Waals surface area contributed by atoms with Crippen LogP contribution in [0.3, 0.4) is 0 Å². The monoisotopic (exact) mass is 703 g/mol. The molecule has 1 heterocycles. The normalized spacial score (nSPS) is 15.3. The van der Waals surface area contributed by atoms with Crippen molar-refractivity contribution in [2.24, 2.45) is 5.73 Å². The van der Waals surface area contributed by atoms with Gasteiger partial charge in [-0.1, -0.05) is 43.8 Å². The average molecular weight is 705 g/mol. The number of amidine groups is 1. The van der Waals surface area contributed by atoms with Crippen LogP contribution in [-0.2, 0) is 29.1 Å². The van der Waals surface area contributed by atoms with Gasteiger partial charge in [-0.3, -0.25) is 19.8 Å². The SMILES string of the molecule is C.CC(=O)O.C[C@H](NC(=O)CC(=O)Nc1ccc(C(=N)N)cc1)c1ccc(S(=O)(=O)N2CCOC(c3ccccc3)C2)c(Br)c1. The van der Waals surface area contributed by atoms with E-state index in [0.717, 1.165) is 12.5 Å². The molecule has 4 rings (SSSR count). The lowest BCUT2D eigenvalue weighted by Crippen LogP contribution is -2.42. The molecule has 0 spiro atoms. The molecule has 14 heteroatoms. The standard InChI is InChI=1S/C28H30BrN5O5S.C2H4O2.CH4/c1-18(32-26(35)16-27(36)33-22-10-7-20(8-11-22)28(30)31)21-9-12-25(23(29)15-21)40(37,38)34-13-14-39-24(17-34)19-5-3-2-4-6-19;1-2(3)4;/h2-12,15,18,24H,13-14,16-17H2,1H3,(H3,30,31)(H,32,35)(H,33,36);1H3,(H,3,4);1H4/t18-,24?;;/m0../s1. The van der Waals surface area contributed by atoms with Crippen LogP contribution in [0.25, 0.3) is 0 Å². The molecule has 242 valence electrons. The number of nitrogens with zero attached hydrogens (tertiary/aromatic N) is 1. The quantitative estimate of drug-likeness (QED) is 0.123. The number of nitrogens with two attached hydrogens (primary N) is 1. The number of aliphatic carboxylic acids is 1. The summed E-state index contributed by atoms with van der Waals surface area (Å²) < 4.78 is 34.6. The van der Waals surface area contributed by atoms with Gasteiger partial charge in [0.25, 0.3) is 5.97 Å². The summed E-state index contributed by atoms with van der Waals surface area (Å²) in [5, 5.41) is 20.2. The van der Waals surface area contributed by atoms with Gasteiger partial charge in [0.15, 0.2) is 0 Å². The summed E-state index contributed by atoms with van der Waals surface area (Å²) >= 11 is 3.40. The zero-order chi connectivity index (χ0) is 32.4. The first kappa shape index (κ1) is 37.1. The van der Waals surface area contributed by atoms with Crippen LogP contribution in [0.2, 0.25) is 0 Å². The van der Waals surface area contributed by atoms with Gasteiger partial charge in [0, 0.05) is 35.7 Å². The van der Waals surface area contributed by atoms with Crippen LogP contribution in [0, 0.1) is 5.41 Å². The molecule has 0 radical (unpaired) electrons. The van der Waals surface area contributed by atoms with Crippen LogP contribution >= 0.6 is 15.9 Å². The highest BCUT2D eigenvalue weighted by molar-refractivity contribution is 9.10. The Bertz CT molecular complexity index is 1600. The Morgan fingerprint density at radius 2 is 1.71 bits per heavy atom. The number of ether oxygens (including phenoxy) is 1. The largest absolute Gasteiger partial charge is 0.481 e. The minimum Gasteiger partial charge on any atom is -0.481 e. The zero-order valence-electron chi connectivity index (χ0n) is 24.1. The number of carboxylic acids is 1. The van der Waals surface area contributed by atoms with Gasteiger partial charge in [0.1, 0.15) is 12.3 Å². The highest BCUT2D eigenvalue weighted by Crippen LogP contribution is 2.31. The van der Waals surface area contributed by atoms with E-state index in [2.05, 4.69) is 26.6 Å². The van der Waals surface area contributed by atoms with Crippen LogP contribution in [0.1, 0.15) is 56.5 Å². The number of hydrogen-bond donors (Lipinski definition) is 5. The van der Waals surface area contributed by atoms with Gasteiger partial charge in [-0.15, -0.1) is 0 Å². The second-order valence-corrected chi connectivity index (χ2v) is 12.6. The van der Waals surface area contributed by atoms with Crippen LogP contribution in [0.5, 0.6) is 0 Å². The molecule has 1 unspecified atom stereocenters. The molecule has 1 aliphatic heterocycles. The maximum atomic E-state index is 13.5. The number of nitrogens with one attached hydrogen (secondary N) is 3. The van der Waals surface area contributed by atoms with Crippen LogP contribution in [0.15, 0.2) is 82.2 Å². The number of morpholine rings is 1. The first-order valence-electron chi connectivity index (χ1n) is 13.5. The fourth-order valence-electron chi connectivity index (χ4n) is 4.31. The lowest BCUT2D eigenvalue weighted by atomic mass is 10.1. The highest BCUT2D eigenvalue weighted by atomic mass is 79.9. The number of benzene rings is 3. The minimum absolute atomic E-state index is 0. The van der Waals surface area contributed by atoms with Crippen molar-refractivity contribution in [3.05, 3.63) is 94.0 Å². The molecule has 0 saturated carbocycles. The molecular weight excluding hydrogens is 666 g/mol. The number of carbonyl (C=O) groups is 3. The van der Waals surface area contributed by atoms with E-state index in [1.165, 1.54) is 10.4 Å². The van der Waals surface area contributed by atoms with Crippen molar-refractivity contribution in [3.8, 4) is 0 Å². The van der Waals surface area contributed by atoms with Gasteiger partial charge in [-0.25, -0.2) is 8.42 Å². The molecule has 45 heavy (non-hydrogen) atoms. The zero-order valence-corrected chi connectivity index (χ0v) is 26.5. The van der Waals surface area contributed by atoms with E-state index in [1.54, 1.807) is 43.3 Å². The van der Waals surface area contributed by atoms with E-state index in [4.69, 9.17) is 25.8 Å². The number of anilines is 1. The fourth-order valence-corrected chi connectivity index (χ4v) is 6.79. The molecule has 3 aromatic carbocycles. The molecule has 1 fully saturated rings. The molecule has 1 saturated heterocycles. The number of carboxylic acid groups (broad SMARTS) is 1. The Morgan fingerprint density at radius 1 is 1.09 bits per heavy atom. The smallest absolute Gasteiger partial charge is 0.300 e. The first-order chi connectivity index (χ1) is 20.8. The van der Waals surface area contributed by atoms with Crippen molar-refractivity contribution < 1.29 is 32.6 Å². The molecule has 6 N–H and O–H groups in total. The maximum absolute atomic E-state index is 13.5. The fraction of sp³-hybridized carbons (Fsp3) is 0.290. The van der Waals surface area contributed by atoms with E-state index in [1.807, 2.05) is 30.3 Å². The number of carbonyl (C=O) groups excluding carboxylic acids is 2. The van der Waals surface area contributed by atoms with Gasteiger partial charge in [-0.05, 0) is 70.4 Å². The van der Waals surface area contributed by atoms with E-state index in [-0.39, 0.29) is 44.0 Å². The minimum atomic E-state index is -3.80. The number of nitrogen functional groups attached to an aromatic ring is 1. The van der Waals surface area contributed by atoms with Crippen LogP contribution < -0.4 is 16.4 Å². The maximum Gasteiger partial charge on any atom is 0.300 e. The summed E-state index contributed by atoms with van der Waals surface area (Å²) in [6.45, 7) is 3.57. The average Bonchev–Trinajstić information content (AvgIpc) is 2.97. The second-order valence-electron chi connectivity index (χ2n) is 9.85. The van der Waals surface area contributed by atoms with Gasteiger partial charge in [-0.2, -0.15) is 4.31 Å². The Labute approximate surface area is 271 Å². The number of sulfonamides is 1. The Balaban J connectivity index is 0.00000133. The number of halogens is 1. The van der Waals surface area contributed by atoms with Crippen molar-refractivity contribution in [3.63, 3.8) is 0 Å². The predicted molar refractivity (Wildman–Crippen MR) is 175 cm³/mol. The lowest BCUT2D eigenvalue weighted by molar-refractivity contribution is -0.134. The Morgan fingerprint density at radius 3 is 2.29 bits per heavy atom. The number of amides is 2. The van der Waals surface area contributed by atoms with Crippen molar-refractivity contribution in [1.29, 1.82) is 5.41 Å². The molecule has 12 nitrogen and oxygen atoms in total. The van der Waals surface area contributed by atoms with Crippen molar-refractivity contribution in [2.45, 2.75) is 44.7 Å². The first-order valence-corrected chi connectivity index (χ1v) is 15.7. The number of hydrogen-bond acceptors (Lipinski definition) is 7. The van der Waals surface area contributed by atoms with Gasteiger partial charge in [0.05, 0.1) is 23.6 Å². The lowest BCUT2D eigenvalue weighted by Gasteiger charge is -2.32. The molecule has 2 atom stereocenters. The summed E-state index contributed by atoms with van der Waals surface area (Å²) in [5.41, 5.74) is 8.02. The molecule has 0 aromatic heterocycles. The molecular formula is C31H38BrN5O7S. The highest BCUT2D eigenvalue weighted by Gasteiger charge is 2.33. The van der Waals surface area contributed by atoms with Crippen molar-refractivity contribution >= 4 is 55.3 Å². The third-order valence-electron chi connectivity index (χ3n) is 6.45. The third-order valence-corrected chi connectivity index (χ3v) is 9.29. The van der Waals surface area contributed by atoms with E-state index >= 15 is 0 Å². The summed E-state index contributed by atoms with van der Waals surface area (Å²) in [5.74, 6) is -1.90.